The molecule has 0 saturated heterocycles. The SMILES string of the molecule is O=C(CNc1ccccc1)NN=Cc1ccc(O)cc1. The minimum Gasteiger partial charge on any atom is -0.508 e. The molecule has 0 aliphatic rings. The van der Waals surface area contributed by atoms with Crippen LogP contribution in [0.3, 0.4) is 0 Å². The molecule has 0 atom stereocenters. The molecule has 1 amide bonds. The van der Waals surface area contributed by atoms with E-state index in [1.165, 1.54) is 6.21 Å². The molecule has 5 heteroatoms. The maximum Gasteiger partial charge on any atom is 0.259 e. The van der Waals surface area contributed by atoms with Crippen molar-refractivity contribution < 1.29 is 9.90 Å². The zero-order valence-corrected chi connectivity index (χ0v) is 10.8. The van der Waals surface area contributed by atoms with Crippen LogP contribution in [0, 0.1) is 0 Å². The number of carbonyl (C=O) groups excluding carboxylic acids is 1. The molecule has 2 aromatic carbocycles. The summed E-state index contributed by atoms with van der Waals surface area (Å²) in [6.07, 6.45) is 1.51. The molecular weight excluding hydrogens is 254 g/mol. The number of rotatable bonds is 5. The lowest BCUT2D eigenvalue weighted by Gasteiger charge is -2.04. The first-order chi connectivity index (χ1) is 9.74. The van der Waals surface area contributed by atoms with Crippen LogP contribution in [0.1, 0.15) is 5.56 Å². The van der Waals surface area contributed by atoms with E-state index >= 15 is 0 Å². The molecule has 2 aromatic rings. The topological polar surface area (TPSA) is 73.7 Å². The van der Waals surface area contributed by atoms with E-state index in [1.807, 2.05) is 30.3 Å². The highest BCUT2D eigenvalue weighted by molar-refractivity contribution is 5.84. The molecule has 0 unspecified atom stereocenters. The van der Waals surface area contributed by atoms with Crippen molar-refractivity contribution in [1.82, 2.24) is 5.43 Å². The molecule has 2 rings (SSSR count). The van der Waals surface area contributed by atoms with E-state index in [0.29, 0.717) is 0 Å². The largest absolute Gasteiger partial charge is 0.508 e. The second-order valence-electron chi connectivity index (χ2n) is 4.10. The highest BCUT2D eigenvalue weighted by Gasteiger charge is 1.98. The standard InChI is InChI=1S/C15H15N3O2/c19-14-8-6-12(7-9-14)10-17-18-15(20)11-16-13-4-2-1-3-5-13/h1-10,16,19H,11H2,(H,18,20). The average Bonchev–Trinajstić information content (AvgIpc) is 2.48. The van der Waals surface area contributed by atoms with Crippen molar-refractivity contribution in [3.63, 3.8) is 0 Å². The van der Waals surface area contributed by atoms with Crippen LogP contribution in [-0.2, 0) is 4.79 Å². The van der Waals surface area contributed by atoms with Gasteiger partial charge >= 0.3 is 0 Å². The fraction of sp³-hybridized carbons (Fsp3) is 0.0667. The predicted octanol–water partition coefficient (Wildman–Crippen LogP) is 1.95. The lowest BCUT2D eigenvalue weighted by molar-refractivity contribution is -0.119. The van der Waals surface area contributed by atoms with Crippen molar-refractivity contribution in [2.24, 2.45) is 5.10 Å². The summed E-state index contributed by atoms with van der Waals surface area (Å²) in [6, 6.07) is 16.0. The lowest BCUT2D eigenvalue weighted by atomic mass is 10.2. The van der Waals surface area contributed by atoms with Crippen molar-refractivity contribution in [2.45, 2.75) is 0 Å². The quantitative estimate of drug-likeness (QED) is 0.574. The summed E-state index contributed by atoms with van der Waals surface area (Å²) in [7, 11) is 0. The van der Waals surface area contributed by atoms with Gasteiger partial charge in [0.05, 0.1) is 12.8 Å². The van der Waals surface area contributed by atoms with Crippen molar-refractivity contribution in [2.75, 3.05) is 11.9 Å². The molecule has 0 heterocycles. The van der Waals surface area contributed by atoms with Crippen LogP contribution in [0.4, 0.5) is 5.69 Å². The predicted molar refractivity (Wildman–Crippen MR) is 78.8 cm³/mol. The number of hydrogen-bond donors (Lipinski definition) is 3. The van der Waals surface area contributed by atoms with Gasteiger partial charge in [-0.25, -0.2) is 5.43 Å². The highest BCUT2D eigenvalue weighted by atomic mass is 16.3. The second kappa shape index (κ2) is 6.94. The Morgan fingerprint density at radius 3 is 2.50 bits per heavy atom. The first-order valence-electron chi connectivity index (χ1n) is 6.14. The van der Waals surface area contributed by atoms with Gasteiger partial charge in [0, 0.05) is 5.69 Å². The Balaban J connectivity index is 1.76. The molecule has 20 heavy (non-hydrogen) atoms. The molecule has 0 fully saturated rings. The number of benzene rings is 2. The van der Waals surface area contributed by atoms with Gasteiger partial charge < -0.3 is 10.4 Å². The number of hydrazone groups is 1. The van der Waals surface area contributed by atoms with Gasteiger partial charge in [0.1, 0.15) is 5.75 Å². The van der Waals surface area contributed by atoms with Crippen LogP contribution in [0.5, 0.6) is 5.75 Å². The summed E-state index contributed by atoms with van der Waals surface area (Å²) >= 11 is 0. The van der Waals surface area contributed by atoms with Gasteiger partial charge in [-0.05, 0) is 42.0 Å². The summed E-state index contributed by atoms with van der Waals surface area (Å²) in [5.74, 6) is -0.0397. The summed E-state index contributed by atoms with van der Waals surface area (Å²) < 4.78 is 0. The number of aromatic hydroxyl groups is 1. The first-order valence-corrected chi connectivity index (χ1v) is 6.14. The van der Waals surface area contributed by atoms with E-state index in [0.717, 1.165) is 11.3 Å². The van der Waals surface area contributed by atoms with E-state index in [-0.39, 0.29) is 18.2 Å². The highest BCUT2D eigenvalue weighted by Crippen LogP contribution is 2.07. The number of phenols is 1. The smallest absolute Gasteiger partial charge is 0.259 e. The molecule has 0 aliphatic carbocycles. The molecule has 0 spiro atoms. The molecule has 102 valence electrons. The maximum absolute atomic E-state index is 11.5. The molecule has 0 saturated carbocycles. The van der Waals surface area contributed by atoms with Gasteiger partial charge in [0.25, 0.3) is 5.91 Å². The number of para-hydroxylation sites is 1. The van der Waals surface area contributed by atoms with E-state index in [4.69, 9.17) is 5.11 Å². The Labute approximate surface area is 117 Å². The van der Waals surface area contributed by atoms with Gasteiger partial charge in [0.15, 0.2) is 0 Å². The van der Waals surface area contributed by atoms with E-state index in [1.54, 1.807) is 24.3 Å². The first kappa shape index (κ1) is 13.6. The Morgan fingerprint density at radius 1 is 1.10 bits per heavy atom. The van der Waals surface area contributed by atoms with Crippen LogP contribution < -0.4 is 10.7 Å². The number of nitrogens with one attached hydrogen (secondary N) is 2. The molecular formula is C15H15N3O2. The fourth-order valence-electron chi connectivity index (χ4n) is 1.52. The Hall–Kier alpha value is -2.82. The molecule has 0 aliphatic heterocycles. The van der Waals surface area contributed by atoms with Crippen LogP contribution in [-0.4, -0.2) is 23.8 Å². The molecule has 0 aromatic heterocycles. The third-order valence-corrected chi connectivity index (χ3v) is 2.52. The van der Waals surface area contributed by atoms with Gasteiger partial charge in [-0.2, -0.15) is 5.10 Å². The average molecular weight is 269 g/mol. The van der Waals surface area contributed by atoms with Crippen LogP contribution in [0.15, 0.2) is 59.7 Å². The third kappa shape index (κ3) is 4.45. The molecule has 5 nitrogen and oxygen atoms in total. The number of phenolic OH excluding ortho intramolecular Hbond substituents is 1. The second-order valence-corrected chi connectivity index (χ2v) is 4.10. The fourth-order valence-corrected chi connectivity index (χ4v) is 1.52. The number of carbonyl (C=O) groups is 1. The lowest BCUT2D eigenvalue weighted by Crippen LogP contribution is -2.25. The van der Waals surface area contributed by atoms with E-state index < -0.39 is 0 Å². The third-order valence-electron chi connectivity index (χ3n) is 2.52. The summed E-state index contributed by atoms with van der Waals surface area (Å²) in [6.45, 7) is 0.150. The van der Waals surface area contributed by atoms with E-state index in [9.17, 15) is 4.79 Å². The maximum atomic E-state index is 11.5. The Morgan fingerprint density at radius 2 is 1.80 bits per heavy atom. The van der Waals surface area contributed by atoms with Crippen LogP contribution in [0.25, 0.3) is 0 Å². The molecule has 0 radical (unpaired) electrons. The number of hydrogen-bond acceptors (Lipinski definition) is 4. The van der Waals surface area contributed by atoms with Gasteiger partial charge in [-0.3, -0.25) is 4.79 Å². The van der Waals surface area contributed by atoms with Crippen LogP contribution in [0.2, 0.25) is 0 Å². The van der Waals surface area contributed by atoms with Crippen molar-refractivity contribution >= 4 is 17.8 Å². The van der Waals surface area contributed by atoms with Crippen molar-refractivity contribution in [1.29, 1.82) is 0 Å². The van der Waals surface area contributed by atoms with E-state index in [2.05, 4.69) is 15.8 Å². The van der Waals surface area contributed by atoms with Crippen LogP contribution >= 0.6 is 0 Å². The van der Waals surface area contributed by atoms with Crippen molar-refractivity contribution in [3.8, 4) is 5.75 Å². The number of anilines is 1. The summed E-state index contributed by atoms with van der Waals surface area (Å²) in [5, 5.41) is 15.9. The van der Waals surface area contributed by atoms with Crippen molar-refractivity contribution in [3.05, 3.63) is 60.2 Å². The molecule has 0 bridgehead atoms. The van der Waals surface area contributed by atoms with Gasteiger partial charge in [0.2, 0.25) is 0 Å². The Kier molecular flexibility index (Phi) is 4.72. The Bertz CT molecular complexity index is 580. The minimum atomic E-state index is -0.233. The summed E-state index contributed by atoms with van der Waals surface area (Å²) in [5.41, 5.74) is 4.09. The number of nitrogens with zero attached hydrogens (tertiary/aromatic N) is 1. The zero-order valence-electron chi connectivity index (χ0n) is 10.8. The van der Waals surface area contributed by atoms with Gasteiger partial charge in [-0.1, -0.05) is 18.2 Å². The molecule has 3 N–H and O–H groups in total. The zero-order chi connectivity index (χ0) is 14.2. The minimum absolute atomic E-state index is 0.150. The monoisotopic (exact) mass is 269 g/mol. The summed E-state index contributed by atoms with van der Waals surface area (Å²) in [4.78, 5) is 11.5. The van der Waals surface area contributed by atoms with Gasteiger partial charge in [-0.15, -0.1) is 0 Å². The number of amides is 1. The normalized spacial score (nSPS) is 10.4.